The van der Waals surface area contributed by atoms with Gasteiger partial charge in [-0.15, -0.1) is 0 Å². The number of carboxylic acids is 1. The van der Waals surface area contributed by atoms with E-state index in [2.05, 4.69) is 41.5 Å². The molecule has 1 aliphatic carbocycles. The highest BCUT2D eigenvalue weighted by molar-refractivity contribution is 8.00. The van der Waals surface area contributed by atoms with Gasteiger partial charge in [0.25, 0.3) is 0 Å². The number of rotatable bonds is 10. The fraction of sp³-hybridized carbons (Fsp3) is 0.448. The zero-order valence-corrected chi connectivity index (χ0v) is 25.1. The normalized spacial score (nSPS) is 16.2. The number of aromatic nitrogens is 1. The van der Waals surface area contributed by atoms with Gasteiger partial charge in [-0.1, -0.05) is 67.0 Å². The van der Waals surface area contributed by atoms with Gasteiger partial charge in [0.2, 0.25) is 0 Å². The van der Waals surface area contributed by atoms with Gasteiger partial charge in [0, 0.05) is 40.2 Å². The minimum atomic E-state index is -0.879. The molecule has 0 amide bonds. The second-order valence-corrected chi connectivity index (χ2v) is 11.8. The van der Waals surface area contributed by atoms with Crippen molar-refractivity contribution < 1.29 is 14.4 Å². The van der Waals surface area contributed by atoms with Crippen molar-refractivity contribution in [2.24, 2.45) is 0 Å². The molecule has 1 saturated carbocycles. The smallest absolute Gasteiger partial charge is 0.335 e. The van der Waals surface area contributed by atoms with Crippen LogP contribution in [0.3, 0.4) is 0 Å². The fourth-order valence-corrected chi connectivity index (χ4v) is 6.21. The Hall–Kier alpha value is -2.23. The molecule has 0 bridgehead atoms. The maximum atomic E-state index is 10.8. The number of anilines is 1. The molecule has 2 heterocycles. The Labute approximate surface area is 244 Å². The summed E-state index contributed by atoms with van der Waals surface area (Å²) in [6.45, 7) is 8.17. The summed E-state index contributed by atoms with van der Waals surface area (Å²) >= 11 is 14.4. The van der Waals surface area contributed by atoms with E-state index in [1.165, 1.54) is 12.8 Å². The highest BCUT2D eigenvalue weighted by Crippen LogP contribution is 2.46. The van der Waals surface area contributed by atoms with Crippen LogP contribution < -0.4 is 10.6 Å². The van der Waals surface area contributed by atoms with E-state index < -0.39 is 5.97 Å². The van der Waals surface area contributed by atoms with E-state index in [0.717, 1.165) is 59.1 Å². The van der Waals surface area contributed by atoms with Gasteiger partial charge in [0.05, 0.1) is 15.6 Å². The summed E-state index contributed by atoms with van der Waals surface area (Å²) in [5.74, 6) is 0.612. The van der Waals surface area contributed by atoms with Crippen LogP contribution >= 0.6 is 35.0 Å². The largest absolute Gasteiger partial charge is 0.478 e. The average Bonchev–Trinajstić information content (AvgIpc) is 3.55. The highest BCUT2D eigenvalue weighted by Gasteiger charge is 2.33. The van der Waals surface area contributed by atoms with Crippen LogP contribution in [0.5, 0.6) is 0 Å². The van der Waals surface area contributed by atoms with Crippen LogP contribution in [-0.2, 0) is 6.54 Å². The summed E-state index contributed by atoms with van der Waals surface area (Å²) < 4.78 is 5.68. The van der Waals surface area contributed by atoms with E-state index in [4.69, 9.17) is 32.8 Å². The van der Waals surface area contributed by atoms with Crippen LogP contribution in [0, 0.1) is 0 Å². The average molecular weight is 592 g/mol. The first-order valence-corrected chi connectivity index (χ1v) is 15.1. The van der Waals surface area contributed by atoms with Crippen LogP contribution in [-0.4, -0.2) is 46.3 Å². The second kappa shape index (κ2) is 13.4. The van der Waals surface area contributed by atoms with Crippen molar-refractivity contribution in [3.8, 4) is 11.3 Å². The number of halogens is 2. The molecule has 0 spiro atoms. The number of hydrogen-bond donors (Lipinski definition) is 3. The Morgan fingerprint density at radius 3 is 2.49 bits per heavy atom. The minimum absolute atomic E-state index is 0.198. The molecule has 2 aromatic carbocycles. The predicted octanol–water partition coefficient (Wildman–Crippen LogP) is 7.94. The molecule has 7 nitrogen and oxygen atoms in total. The maximum Gasteiger partial charge on any atom is 0.335 e. The maximum absolute atomic E-state index is 10.8. The van der Waals surface area contributed by atoms with Crippen LogP contribution in [0.25, 0.3) is 11.3 Å². The van der Waals surface area contributed by atoms with E-state index in [0.29, 0.717) is 27.6 Å². The van der Waals surface area contributed by atoms with E-state index in [1.807, 2.05) is 31.3 Å². The van der Waals surface area contributed by atoms with Crippen molar-refractivity contribution >= 4 is 46.6 Å². The van der Waals surface area contributed by atoms with Gasteiger partial charge in [0.1, 0.15) is 17.0 Å². The summed E-state index contributed by atoms with van der Waals surface area (Å²) in [6, 6.07) is 11.2. The van der Waals surface area contributed by atoms with Gasteiger partial charge in [-0.05, 0) is 69.6 Å². The molecule has 1 aliphatic heterocycles. The first-order chi connectivity index (χ1) is 18.8. The molecule has 210 valence electrons. The monoisotopic (exact) mass is 590 g/mol. The van der Waals surface area contributed by atoms with Gasteiger partial charge >= 0.3 is 5.97 Å². The van der Waals surface area contributed by atoms with Crippen molar-refractivity contribution in [3.05, 3.63) is 63.3 Å². The van der Waals surface area contributed by atoms with E-state index >= 15 is 0 Å². The molecule has 39 heavy (non-hydrogen) atoms. The van der Waals surface area contributed by atoms with Crippen LogP contribution in [0.2, 0.25) is 10.0 Å². The Morgan fingerprint density at radius 1 is 1.21 bits per heavy atom. The number of nitrogens with one attached hydrogen (secondary N) is 2. The third-order valence-electron chi connectivity index (χ3n) is 7.16. The van der Waals surface area contributed by atoms with Crippen LogP contribution in [0.1, 0.15) is 74.1 Å². The van der Waals surface area contributed by atoms with Crippen molar-refractivity contribution in [2.45, 2.75) is 75.4 Å². The molecule has 0 saturated heterocycles. The van der Waals surface area contributed by atoms with Gasteiger partial charge in [0.15, 0.2) is 0 Å². The van der Waals surface area contributed by atoms with Crippen molar-refractivity contribution in [3.63, 3.8) is 0 Å². The van der Waals surface area contributed by atoms with E-state index in [-0.39, 0.29) is 5.50 Å². The summed E-state index contributed by atoms with van der Waals surface area (Å²) in [5.41, 5.74) is 4.21. The van der Waals surface area contributed by atoms with Gasteiger partial charge in [-0.2, -0.15) is 0 Å². The number of carboxylic acid groups (broad SMARTS) is 1. The van der Waals surface area contributed by atoms with Gasteiger partial charge < -0.3 is 20.3 Å². The first-order valence-electron chi connectivity index (χ1n) is 13.4. The van der Waals surface area contributed by atoms with Crippen molar-refractivity contribution in [2.75, 3.05) is 18.9 Å². The summed E-state index contributed by atoms with van der Waals surface area (Å²) in [6.07, 6.45) is 4.54. The summed E-state index contributed by atoms with van der Waals surface area (Å²) in [4.78, 5) is 14.0. The molecule has 0 radical (unpaired) electrons. The summed E-state index contributed by atoms with van der Waals surface area (Å²) in [5, 5.41) is 21.4. The third-order valence-corrected chi connectivity index (χ3v) is 9.09. The minimum Gasteiger partial charge on any atom is -0.478 e. The third kappa shape index (κ3) is 7.11. The lowest BCUT2D eigenvalue weighted by atomic mass is 10.0. The molecule has 5 rings (SSSR count). The molecule has 1 unspecified atom stereocenters. The Kier molecular flexibility index (Phi) is 10.2. The van der Waals surface area contributed by atoms with Crippen molar-refractivity contribution in [1.82, 2.24) is 15.4 Å². The Balaban J connectivity index is 0.000000193. The van der Waals surface area contributed by atoms with Crippen LogP contribution in [0.4, 0.5) is 5.69 Å². The fourth-order valence-electron chi connectivity index (χ4n) is 4.42. The lowest BCUT2D eigenvalue weighted by molar-refractivity contribution is 0.0696. The predicted molar refractivity (Wildman–Crippen MR) is 160 cm³/mol. The standard InChI is InChI=1S/C18H22Cl2N2O.C11H14N2O2S/c1-3-12(4-2)21-10-13-17(22-23-18(13)11-8-9-11)16-14(19)6-5-7-15(16)20;1-3-13(2)11-12-8-5-4-7(10(14)15)6-9(8)16-11/h5-7,11-12,21H,3-4,8-10H2,1-2H3;4-6,11-12H,3H2,1-2H3,(H,14,15). The van der Waals surface area contributed by atoms with E-state index in [9.17, 15) is 4.79 Å². The van der Waals surface area contributed by atoms with Gasteiger partial charge in [-0.3, -0.25) is 4.90 Å². The molecular formula is C29H36Cl2N4O3S. The highest BCUT2D eigenvalue weighted by atomic mass is 35.5. The zero-order chi connectivity index (χ0) is 28.1. The molecular weight excluding hydrogens is 555 g/mol. The Bertz CT molecular complexity index is 1270. The number of thioether (sulfide) groups is 1. The number of benzene rings is 2. The second-order valence-electron chi connectivity index (χ2n) is 9.84. The quantitative estimate of drug-likeness (QED) is 0.219. The molecule has 1 atom stereocenters. The van der Waals surface area contributed by atoms with Crippen LogP contribution in [0.15, 0.2) is 45.8 Å². The topological polar surface area (TPSA) is 90.6 Å². The Morgan fingerprint density at radius 2 is 1.90 bits per heavy atom. The molecule has 3 N–H and O–H groups in total. The van der Waals surface area contributed by atoms with E-state index in [1.54, 1.807) is 23.9 Å². The number of carbonyl (C=O) groups is 1. The molecule has 3 aromatic rings. The number of nitrogens with zero attached hydrogens (tertiary/aromatic N) is 2. The lowest BCUT2D eigenvalue weighted by Gasteiger charge is -2.21. The van der Waals surface area contributed by atoms with Crippen molar-refractivity contribution in [1.29, 1.82) is 0 Å². The molecule has 1 aromatic heterocycles. The number of hydrogen-bond acceptors (Lipinski definition) is 7. The molecule has 10 heteroatoms. The summed E-state index contributed by atoms with van der Waals surface area (Å²) in [7, 11) is 2.04. The molecule has 1 fully saturated rings. The number of aromatic carboxylic acids is 1. The first kappa shape index (κ1) is 29.7. The number of fused-ring (bicyclic) bond motifs is 1. The zero-order valence-electron chi connectivity index (χ0n) is 22.8. The molecule has 2 aliphatic rings. The van der Waals surface area contributed by atoms with Gasteiger partial charge in [-0.25, -0.2) is 4.79 Å². The lowest BCUT2D eigenvalue weighted by Crippen LogP contribution is -2.32. The SMILES string of the molecule is CCC(CC)NCc1c(-c2c(Cl)cccc2Cl)noc1C1CC1.CCN(C)C1Nc2ccc(C(=O)O)cc2S1.